The number of rotatable bonds is 4. The van der Waals surface area contributed by atoms with Crippen LogP contribution < -0.4 is 0 Å². The van der Waals surface area contributed by atoms with Gasteiger partial charge in [0.1, 0.15) is 13.2 Å². The third kappa shape index (κ3) is 20.2. The summed E-state index contributed by atoms with van der Waals surface area (Å²) < 4.78 is 15.1. The first-order valence-electron chi connectivity index (χ1n) is 3.21. The summed E-state index contributed by atoms with van der Waals surface area (Å²) in [6, 6.07) is 0. The fourth-order valence-electron chi connectivity index (χ4n) is 0.434. The SMILES string of the molecule is C[N+](C)(C)CCOP(=O)(O)O.Cl.[KH]. The molecule has 0 heterocycles. The molecule has 8 heteroatoms. The molecule has 0 aromatic carbocycles. The first-order chi connectivity index (χ1) is 4.71. The van der Waals surface area contributed by atoms with Crippen molar-refractivity contribution in [3.8, 4) is 0 Å². The predicted octanol–water partition coefficient (Wildman–Crippen LogP) is -0.425. The van der Waals surface area contributed by atoms with Crippen LogP contribution in [0.15, 0.2) is 0 Å². The first-order valence-corrected chi connectivity index (χ1v) is 4.74. The average molecular weight is 261 g/mol. The zero-order valence-electron chi connectivity index (χ0n) is 7.43. The Morgan fingerprint density at radius 1 is 1.31 bits per heavy atom. The minimum atomic E-state index is -4.26. The van der Waals surface area contributed by atoms with Crippen LogP contribution in [-0.2, 0) is 9.09 Å². The number of phosphoric ester groups is 1. The van der Waals surface area contributed by atoms with Crippen LogP contribution >= 0.6 is 20.2 Å². The van der Waals surface area contributed by atoms with Crippen LogP contribution in [-0.4, -0.2) is 99.9 Å². The standard InChI is InChI=1S/C5H14NO4P.ClH.K.H/c1-6(2,3)4-5-10-11(7,8)9;;;/h4-5H2,1-3H3,(H-,7,8,9);1H;;/p+1. The molecule has 78 valence electrons. The second-order valence-corrected chi connectivity index (χ2v) is 4.58. The van der Waals surface area contributed by atoms with Gasteiger partial charge in [-0.25, -0.2) is 4.57 Å². The summed E-state index contributed by atoms with van der Waals surface area (Å²) in [5.41, 5.74) is 0. The number of quaternary nitrogens is 1. The van der Waals surface area contributed by atoms with E-state index in [-0.39, 0.29) is 70.4 Å². The molecule has 0 radical (unpaired) electrons. The van der Waals surface area contributed by atoms with Crippen molar-refractivity contribution in [3.05, 3.63) is 0 Å². The van der Waals surface area contributed by atoms with Gasteiger partial charge < -0.3 is 14.3 Å². The van der Waals surface area contributed by atoms with Crippen LogP contribution in [0.1, 0.15) is 0 Å². The summed E-state index contributed by atoms with van der Waals surface area (Å²) >= 11 is 0. The number of likely N-dealkylation sites (N-methyl/N-ethyl adjacent to an activating group) is 1. The molecule has 0 aromatic heterocycles. The van der Waals surface area contributed by atoms with Crippen LogP contribution in [0.2, 0.25) is 0 Å². The zero-order chi connectivity index (χ0) is 9.12. The van der Waals surface area contributed by atoms with Crippen molar-refractivity contribution in [3.63, 3.8) is 0 Å². The van der Waals surface area contributed by atoms with E-state index in [4.69, 9.17) is 9.79 Å². The Hall–Kier alpha value is 2.00. The average Bonchev–Trinajstić information content (AvgIpc) is 1.55. The Balaban J connectivity index is -0.000000500. The van der Waals surface area contributed by atoms with Gasteiger partial charge in [0.05, 0.1) is 21.1 Å². The third-order valence-corrected chi connectivity index (χ3v) is 1.54. The number of nitrogens with zero attached hydrogens (tertiary/aromatic N) is 1. The molecular formula is C5H17ClKNO4P+. The van der Waals surface area contributed by atoms with Gasteiger partial charge in [0, 0.05) is 0 Å². The molecule has 0 aliphatic carbocycles. The molecule has 0 unspecified atom stereocenters. The van der Waals surface area contributed by atoms with Gasteiger partial charge in [0.15, 0.2) is 0 Å². The van der Waals surface area contributed by atoms with Gasteiger partial charge in [0.2, 0.25) is 0 Å². The van der Waals surface area contributed by atoms with Gasteiger partial charge in [-0.15, -0.1) is 12.4 Å². The molecule has 0 fully saturated rings. The van der Waals surface area contributed by atoms with Gasteiger partial charge in [-0.2, -0.15) is 0 Å². The van der Waals surface area contributed by atoms with E-state index in [9.17, 15) is 4.57 Å². The van der Waals surface area contributed by atoms with E-state index in [1.165, 1.54) is 0 Å². The number of halogens is 1. The van der Waals surface area contributed by atoms with Crippen molar-refractivity contribution in [2.75, 3.05) is 34.3 Å². The fraction of sp³-hybridized carbons (Fsp3) is 1.00. The van der Waals surface area contributed by atoms with Gasteiger partial charge in [-0.3, -0.25) is 4.52 Å². The number of hydrogen-bond acceptors (Lipinski definition) is 2. The summed E-state index contributed by atoms with van der Waals surface area (Å²) in [6.07, 6.45) is 0. The van der Waals surface area contributed by atoms with Crippen LogP contribution in [0.5, 0.6) is 0 Å². The molecule has 0 atom stereocenters. The van der Waals surface area contributed by atoms with E-state index < -0.39 is 7.82 Å². The zero-order valence-corrected chi connectivity index (χ0v) is 9.14. The Morgan fingerprint density at radius 3 is 1.92 bits per heavy atom. The fourth-order valence-corrected chi connectivity index (χ4v) is 0.753. The normalized spacial score (nSPS) is 11.5. The van der Waals surface area contributed by atoms with E-state index in [1.807, 2.05) is 21.1 Å². The molecule has 2 N–H and O–H groups in total. The van der Waals surface area contributed by atoms with Crippen molar-refractivity contribution in [2.45, 2.75) is 0 Å². The van der Waals surface area contributed by atoms with E-state index in [0.29, 0.717) is 11.0 Å². The van der Waals surface area contributed by atoms with Crippen molar-refractivity contribution < 1.29 is 23.4 Å². The molecular weight excluding hydrogens is 244 g/mol. The molecule has 0 rings (SSSR count). The van der Waals surface area contributed by atoms with Crippen LogP contribution in [0.3, 0.4) is 0 Å². The molecule has 0 saturated heterocycles. The van der Waals surface area contributed by atoms with Crippen molar-refractivity contribution in [2.24, 2.45) is 0 Å². The molecule has 0 aliphatic heterocycles. The van der Waals surface area contributed by atoms with Crippen LogP contribution in [0, 0.1) is 0 Å². The second kappa shape index (κ2) is 8.18. The molecule has 5 nitrogen and oxygen atoms in total. The van der Waals surface area contributed by atoms with Crippen LogP contribution in [0.4, 0.5) is 0 Å². The minimum absolute atomic E-state index is 0. The summed E-state index contributed by atoms with van der Waals surface area (Å²) in [4.78, 5) is 16.6. The summed E-state index contributed by atoms with van der Waals surface area (Å²) in [6.45, 7) is 0.652. The van der Waals surface area contributed by atoms with E-state index in [0.717, 1.165) is 0 Å². The Morgan fingerprint density at radius 2 is 1.69 bits per heavy atom. The van der Waals surface area contributed by atoms with Crippen molar-refractivity contribution >= 4 is 71.6 Å². The second-order valence-electron chi connectivity index (χ2n) is 3.34. The summed E-state index contributed by atoms with van der Waals surface area (Å²) in [5.74, 6) is 0. The first kappa shape index (κ1) is 20.4. The maximum absolute atomic E-state index is 10.2. The quantitative estimate of drug-likeness (QED) is 0.409. The van der Waals surface area contributed by atoms with Gasteiger partial charge in [0.25, 0.3) is 0 Å². The molecule has 0 bridgehead atoms. The van der Waals surface area contributed by atoms with Crippen molar-refractivity contribution in [1.82, 2.24) is 0 Å². The van der Waals surface area contributed by atoms with Crippen LogP contribution in [0.25, 0.3) is 0 Å². The molecule has 0 saturated carbocycles. The summed E-state index contributed by atoms with van der Waals surface area (Å²) in [7, 11) is 1.50. The maximum atomic E-state index is 10.2. The van der Waals surface area contributed by atoms with Gasteiger partial charge >= 0.3 is 59.2 Å². The number of hydrogen-bond donors (Lipinski definition) is 2. The van der Waals surface area contributed by atoms with Gasteiger partial charge in [-0.1, -0.05) is 0 Å². The Labute approximate surface area is 127 Å². The molecule has 0 aromatic rings. The predicted molar refractivity (Wildman–Crippen MR) is 55.3 cm³/mol. The Bertz CT molecular complexity index is 168. The monoisotopic (exact) mass is 260 g/mol. The molecule has 0 aliphatic rings. The molecule has 0 amide bonds. The molecule has 13 heavy (non-hydrogen) atoms. The van der Waals surface area contributed by atoms with E-state index >= 15 is 0 Å². The topological polar surface area (TPSA) is 66.8 Å². The van der Waals surface area contributed by atoms with E-state index in [2.05, 4.69) is 4.52 Å². The van der Waals surface area contributed by atoms with Gasteiger partial charge in [-0.05, 0) is 0 Å². The summed E-state index contributed by atoms with van der Waals surface area (Å²) in [5, 5.41) is 0. The third-order valence-electron chi connectivity index (χ3n) is 1.02. The van der Waals surface area contributed by atoms with Crippen molar-refractivity contribution in [1.29, 1.82) is 0 Å². The molecule has 0 spiro atoms. The Kier molecular flexibility index (Phi) is 12.9. The number of phosphoric acid groups is 1. The van der Waals surface area contributed by atoms with E-state index in [1.54, 1.807) is 0 Å².